The molecule has 0 aliphatic carbocycles. The first kappa shape index (κ1) is 12.9. The maximum absolute atomic E-state index is 5.46. The molecule has 88 valence electrons. The van der Waals surface area contributed by atoms with Crippen LogP contribution in [-0.2, 0) is 16.1 Å². The fraction of sp³-hybridized carbons (Fsp3) is 0.429. The van der Waals surface area contributed by atoms with Gasteiger partial charge in [-0.1, -0.05) is 36.9 Å². The summed E-state index contributed by atoms with van der Waals surface area (Å²) < 4.78 is 10.9. The number of hydrogen-bond donors (Lipinski definition) is 0. The van der Waals surface area contributed by atoms with Crippen LogP contribution in [0.4, 0.5) is 0 Å². The van der Waals surface area contributed by atoms with Gasteiger partial charge in [-0.25, -0.2) is 0 Å². The highest BCUT2D eigenvalue weighted by Gasteiger charge is 2.09. The number of benzene rings is 1. The second-order valence-electron chi connectivity index (χ2n) is 4.67. The second-order valence-corrected chi connectivity index (χ2v) is 4.67. The summed E-state index contributed by atoms with van der Waals surface area (Å²) >= 11 is 0. The molecular formula is C14H20O2. The number of ether oxygens (including phenoxy) is 2. The van der Waals surface area contributed by atoms with Crippen LogP contribution in [0.3, 0.4) is 0 Å². The molecule has 0 spiro atoms. The van der Waals surface area contributed by atoms with Crippen molar-refractivity contribution in [2.24, 2.45) is 0 Å². The smallest absolute Gasteiger partial charge is 0.147 e. The summed E-state index contributed by atoms with van der Waals surface area (Å²) in [6, 6.07) is 8.12. The Hall–Kier alpha value is -1.12. The molecule has 0 unspecified atom stereocenters. The summed E-state index contributed by atoms with van der Waals surface area (Å²) in [5, 5.41) is 0. The molecule has 0 radical (unpaired) electrons. The fourth-order valence-electron chi connectivity index (χ4n) is 1.13. The molecule has 0 heterocycles. The summed E-state index contributed by atoms with van der Waals surface area (Å²) in [6.45, 7) is 10.6. The van der Waals surface area contributed by atoms with Crippen molar-refractivity contribution in [1.29, 1.82) is 0 Å². The number of hydrogen-bond acceptors (Lipinski definition) is 2. The quantitative estimate of drug-likeness (QED) is 0.557. The predicted octanol–water partition coefficient (Wildman–Crippen LogP) is 3.62. The van der Waals surface area contributed by atoms with E-state index in [1.165, 1.54) is 0 Å². The Morgan fingerprint density at radius 2 is 1.81 bits per heavy atom. The van der Waals surface area contributed by atoms with Gasteiger partial charge >= 0.3 is 0 Å². The molecule has 2 heteroatoms. The Morgan fingerprint density at radius 1 is 1.19 bits per heavy atom. The lowest BCUT2D eigenvalue weighted by Crippen LogP contribution is -2.20. The normalized spacial score (nSPS) is 11.4. The standard InChI is InChI=1S/C14H20O2/c1-5-12-6-8-13(9-7-12)10-15-11-16-14(2,3)4/h5-9H,1,10-11H2,2-4H3. The van der Waals surface area contributed by atoms with Crippen LogP contribution in [0.25, 0.3) is 6.08 Å². The van der Waals surface area contributed by atoms with Crippen molar-refractivity contribution < 1.29 is 9.47 Å². The maximum atomic E-state index is 5.46. The monoisotopic (exact) mass is 220 g/mol. The van der Waals surface area contributed by atoms with E-state index in [0.717, 1.165) is 11.1 Å². The van der Waals surface area contributed by atoms with Crippen LogP contribution < -0.4 is 0 Å². The van der Waals surface area contributed by atoms with Crippen LogP contribution in [0, 0.1) is 0 Å². The van der Waals surface area contributed by atoms with Crippen molar-refractivity contribution in [2.75, 3.05) is 6.79 Å². The van der Waals surface area contributed by atoms with E-state index in [1.807, 2.05) is 51.1 Å². The highest BCUT2D eigenvalue weighted by atomic mass is 16.7. The fourth-order valence-corrected chi connectivity index (χ4v) is 1.13. The van der Waals surface area contributed by atoms with E-state index in [1.54, 1.807) is 0 Å². The van der Waals surface area contributed by atoms with Crippen molar-refractivity contribution in [2.45, 2.75) is 33.0 Å². The molecule has 16 heavy (non-hydrogen) atoms. The van der Waals surface area contributed by atoms with E-state index in [4.69, 9.17) is 9.47 Å². The SMILES string of the molecule is C=Cc1ccc(COCOC(C)(C)C)cc1. The minimum atomic E-state index is -0.146. The van der Waals surface area contributed by atoms with Crippen LogP contribution in [0.15, 0.2) is 30.8 Å². The first-order valence-electron chi connectivity index (χ1n) is 5.44. The summed E-state index contributed by atoms with van der Waals surface area (Å²) in [5.41, 5.74) is 2.12. The molecule has 1 aromatic rings. The van der Waals surface area contributed by atoms with Crippen LogP contribution in [0.1, 0.15) is 31.9 Å². The summed E-state index contributed by atoms with van der Waals surface area (Å²) in [7, 11) is 0. The van der Waals surface area contributed by atoms with E-state index < -0.39 is 0 Å². The molecule has 0 saturated carbocycles. The Balaban J connectivity index is 2.29. The van der Waals surface area contributed by atoms with E-state index in [2.05, 4.69) is 6.58 Å². The topological polar surface area (TPSA) is 18.5 Å². The summed E-state index contributed by atoms with van der Waals surface area (Å²) in [5.74, 6) is 0. The zero-order valence-corrected chi connectivity index (χ0v) is 10.3. The van der Waals surface area contributed by atoms with Crippen molar-refractivity contribution in [3.8, 4) is 0 Å². The van der Waals surface area contributed by atoms with Crippen molar-refractivity contribution in [1.82, 2.24) is 0 Å². The highest BCUT2D eigenvalue weighted by Crippen LogP contribution is 2.09. The van der Waals surface area contributed by atoms with Crippen molar-refractivity contribution in [3.05, 3.63) is 42.0 Å². The van der Waals surface area contributed by atoms with Gasteiger partial charge in [0, 0.05) is 0 Å². The average Bonchev–Trinajstić information content (AvgIpc) is 2.24. The van der Waals surface area contributed by atoms with Gasteiger partial charge in [0.15, 0.2) is 0 Å². The predicted molar refractivity (Wildman–Crippen MR) is 67.0 cm³/mol. The zero-order valence-electron chi connectivity index (χ0n) is 10.3. The van der Waals surface area contributed by atoms with Gasteiger partial charge in [-0.3, -0.25) is 0 Å². The third-order valence-electron chi connectivity index (χ3n) is 2.06. The zero-order chi connectivity index (χ0) is 12.0. The van der Waals surface area contributed by atoms with E-state index in [9.17, 15) is 0 Å². The van der Waals surface area contributed by atoms with Gasteiger partial charge in [0.1, 0.15) is 6.79 Å². The molecule has 0 N–H and O–H groups in total. The molecule has 1 rings (SSSR count). The third-order valence-corrected chi connectivity index (χ3v) is 2.06. The van der Waals surface area contributed by atoms with Crippen LogP contribution in [0.5, 0.6) is 0 Å². The molecule has 2 nitrogen and oxygen atoms in total. The summed E-state index contributed by atoms with van der Waals surface area (Å²) in [4.78, 5) is 0. The van der Waals surface area contributed by atoms with Crippen molar-refractivity contribution >= 4 is 6.08 Å². The number of rotatable bonds is 5. The Kier molecular flexibility index (Phi) is 4.71. The molecule has 0 amide bonds. The van der Waals surface area contributed by atoms with Gasteiger partial charge in [-0.05, 0) is 31.9 Å². The second kappa shape index (κ2) is 5.83. The van der Waals surface area contributed by atoms with Gasteiger partial charge in [0.25, 0.3) is 0 Å². The lowest BCUT2D eigenvalue weighted by molar-refractivity contribution is -0.125. The first-order valence-corrected chi connectivity index (χ1v) is 5.44. The molecule has 0 saturated heterocycles. The Morgan fingerprint density at radius 3 is 2.31 bits per heavy atom. The minimum Gasteiger partial charge on any atom is -0.351 e. The molecule has 0 bridgehead atoms. The van der Waals surface area contributed by atoms with Crippen LogP contribution in [-0.4, -0.2) is 12.4 Å². The molecular weight excluding hydrogens is 200 g/mol. The van der Waals surface area contributed by atoms with Crippen LogP contribution in [0.2, 0.25) is 0 Å². The molecule has 1 aromatic carbocycles. The lowest BCUT2D eigenvalue weighted by Gasteiger charge is -2.19. The highest BCUT2D eigenvalue weighted by molar-refractivity contribution is 5.47. The molecule has 0 fully saturated rings. The molecule has 0 atom stereocenters. The first-order chi connectivity index (χ1) is 7.51. The van der Waals surface area contributed by atoms with E-state index in [0.29, 0.717) is 13.4 Å². The molecule has 0 aromatic heterocycles. The largest absolute Gasteiger partial charge is 0.351 e. The Labute approximate surface area is 97.9 Å². The minimum absolute atomic E-state index is 0.146. The Bertz CT molecular complexity index is 320. The van der Waals surface area contributed by atoms with Gasteiger partial charge in [0.05, 0.1) is 12.2 Å². The van der Waals surface area contributed by atoms with Crippen LogP contribution >= 0.6 is 0 Å². The average molecular weight is 220 g/mol. The van der Waals surface area contributed by atoms with Gasteiger partial charge < -0.3 is 9.47 Å². The van der Waals surface area contributed by atoms with E-state index in [-0.39, 0.29) is 5.60 Å². The van der Waals surface area contributed by atoms with Gasteiger partial charge in [0.2, 0.25) is 0 Å². The van der Waals surface area contributed by atoms with Gasteiger partial charge in [-0.2, -0.15) is 0 Å². The summed E-state index contributed by atoms with van der Waals surface area (Å²) in [6.07, 6.45) is 1.83. The molecule has 0 aliphatic rings. The van der Waals surface area contributed by atoms with Gasteiger partial charge in [-0.15, -0.1) is 0 Å². The van der Waals surface area contributed by atoms with Crippen molar-refractivity contribution in [3.63, 3.8) is 0 Å². The lowest BCUT2D eigenvalue weighted by atomic mass is 10.1. The maximum Gasteiger partial charge on any atom is 0.147 e. The van der Waals surface area contributed by atoms with E-state index >= 15 is 0 Å². The molecule has 0 aliphatic heterocycles. The third kappa shape index (κ3) is 5.10.